The molecule has 4 nitrogen and oxygen atoms in total. The van der Waals surface area contributed by atoms with Crippen LogP contribution in [0.1, 0.15) is 20.3 Å². The third-order valence-electron chi connectivity index (χ3n) is 2.78. The molecule has 1 heterocycles. The Labute approximate surface area is 113 Å². The summed E-state index contributed by atoms with van der Waals surface area (Å²) in [5.41, 5.74) is 0. The van der Waals surface area contributed by atoms with E-state index in [9.17, 15) is 13.5 Å². The van der Waals surface area contributed by atoms with E-state index >= 15 is 0 Å². The zero-order valence-electron chi connectivity index (χ0n) is 10.8. The maximum Gasteiger partial charge on any atom is 0.190 e. The van der Waals surface area contributed by atoms with Crippen molar-refractivity contribution in [3.8, 4) is 0 Å². The van der Waals surface area contributed by atoms with Crippen LogP contribution < -0.4 is 5.32 Å². The predicted octanol–water partition coefficient (Wildman–Crippen LogP) is 1.52. The van der Waals surface area contributed by atoms with Gasteiger partial charge < -0.3 is 10.4 Å². The van der Waals surface area contributed by atoms with Gasteiger partial charge in [-0.2, -0.15) is 0 Å². The van der Waals surface area contributed by atoms with Gasteiger partial charge in [-0.3, -0.25) is 0 Å². The average molecular weight is 291 g/mol. The summed E-state index contributed by atoms with van der Waals surface area (Å²) in [5, 5.41) is 14.5. The van der Waals surface area contributed by atoms with Crippen LogP contribution in [0, 0.1) is 5.92 Å². The molecule has 2 unspecified atom stereocenters. The van der Waals surface area contributed by atoms with E-state index in [4.69, 9.17) is 0 Å². The first kappa shape index (κ1) is 15.6. The Kier molecular flexibility index (Phi) is 6.28. The first-order valence-electron chi connectivity index (χ1n) is 6.10. The average Bonchev–Trinajstić information content (AvgIpc) is 2.82. The molecule has 0 aliphatic rings. The van der Waals surface area contributed by atoms with Gasteiger partial charge in [0, 0.05) is 6.54 Å². The fraction of sp³-hybridized carbons (Fsp3) is 0.667. The molecule has 0 saturated heterocycles. The molecular weight excluding hydrogens is 270 g/mol. The lowest BCUT2D eigenvalue weighted by atomic mass is 10.1. The van der Waals surface area contributed by atoms with Crippen LogP contribution in [-0.4, -0.2) is 38.5 Å². The second-order valence-electron chi connectivity index (χ2n) is 4.54. The van der Waals surface area contributed by atoms with Crippen molar-refractivity contribution < 1.29 is 13.5 Å². The van der Waals surface area contributed by atoms with E-state index in [1.807, 2.05) is 0 Å². The monoisotopic (exact) mass is 291 g/mol. The van der Waals surface area contributed by atoms with Crippen molar-refractivity contribution in [1.29, 1.82) is 0 Å². The highest BCUT2D eigenvalue weighted by Crippen LogP contribution is 2.17. The Bertz CT molecular complexity index is 428. The van der Waals surface area contributed by atoms with Crippen LogP contribution in [0.3, 0.4) is 0 Å². The second kappa shape index (κ2) is 7.23. The summed E-state index contributed by atoms with van der Waals surface area (Å²) in [6.07, 6.45) is 0.206. The summed E-state index contributed by atoms with van der Waals surface area (Å²) in [5.74, 6) is 0.312. The smallest absolute Gasteiger partial charge is 0.190 e. The molecule has 0 spiro atoms. The number of aliphatic hydroxyl groups excluding tert-OH is 1. The Balaban J connectivity index is 2.38. The van der Waals surface area contributed by atoms with Gasteiger partial charge in [0.2, 0.25) is 0 Å². The van der Waals surface area contributed by atoms with Crippen LogP contribution in [0.2, 0.25) is 0 Å². The van der Waals surface area contributed by atoms with Crippen molar-refractivity contribution >= 4 is 21.2 Å². The van der Waals surface area contributed by atoms with Gasteiger partial charge in [0.05, 0.1) is 11.9 Å². The van der Waals surface area contributed by atoms with Gasteiger partial charge in [-0.25, -0.2) is 8.42 Å². The van der Waals surface area contributed by atoms with Crippen molar-refractivity contribution in [2.75, 3.05) is 18.8 Å². The van der Waals surface area contributed by atoms with Gasteiger partial charge in [-0.05, 0) is 23.9 Å². The lowest BCUT2D eigenvalue weighted by Crippen LogP contribution is -2.34. The fourth-order valence-corrected chi connectivity index (χ4v) is 3.96. The van der Waals surface area contributed by atoms with Crippen LogP contribution in [0.15, 0.2) is 21.7 Å². The Morgan fingerprint density at radius 3 is 2.72 bits per heavy atom. The maximum absolute atomic E-state index is 11.9. The molecule has 2 N–H and O–H groups in total. The van der Waals surface area contributed by atoms with Crippen LogP contribution in [0.4, 0.5) is 0 Å². The minimum Gasteiger partial charge on any atom is -0.391 e. The van der Waals surface area contributed by atoms with Crippen molar-refractivity contribution in [3.63, 3.8) is 0 Å². The zero-order valence-corrected chi connectivity index (χ0v) is 12.4. The number of thiophene rings is 1. The lowest BCUT2D eigenvalue weighted by Gasteiger charge is -2.14. The van der Waals surface area contributed by atoms with Gasteiger partial charge in [-0.15, -0.1) is 11.3 Å². The highest BCUT2D eigenvalue weighted by molar-refractivity contribution is 7.93. The lowest BCUT2D eigenvalue weighted by molar-refractivity contribution is 0.191. The minimum atomic E-state index is -3.34. The molecule has 2 atom stereocenters. The summed E-state index contributed by atoms with van der Waals surface area (Å²) in [6, 6.07) is 3.27. The molecule has 6 heteroatoms. The summed E-state index contributed by atoms with van der Waals surface area (Å²) in [4.78, 5) is 0. The van der Waals surface area contributed by atoms with Gasteiger partial charge in [-0.1, -0.05) is 26.3 Å². The molecule has 0 bridgehead atoms. The molecule has 1 rings (SSSR count). The van der Waals surface area contributed by atoms with Crippen LogP contribution in [0.25, 0.3) is 0 Å². The number of hydrogen-bond donors (Lipinski definition) is 2. The molecule has 1 aromatic heterocycles. The van der Waals surface area contributed by atoms with Crippen molar-refractivity contribution in [3.05, 3.63) is 17.5 Å². The van der Waals surface area contributed by atoms with E-state index in [1.54, 1.807) is 17.5 Å². The normalized spacial score (nSPS) is 15.5. The SMILES string of the molecule is CCC(C)CNCC(O)CS(=O)(=O)c1cccs1. The molecule has 0 radical (unpaired) electrons. The molecule has 0 fully saturated rings. The Morgan fingerprint density at radius 2 is 2.17 bits per heavy atom. The summed E-state index contributed by atoms with van der Waals surface area (Å²) in [6.45, 7) is 5.33. The van der Waals surface area contributed by atoms with E-state index in [0.29, 0.717) is 16.7 Å². The third kappa shape index (κ3) is 5.06. The molecule has 0 amide bonds. The molecule has 0 aliphatic carbocycles. The minimum absolute atomic E-state index is 0.221. The summed E-state index contributed by atoms with van der Waals surface area (Å²) < 4.78 is 24.1. The van der Waals surface area contributed by atoms with Crippen molar-refractivity contribution in [1.82, 2.24) is 5.32 Å². The molecule has 1 aromatic rings. The van der Waals surface area contributed by atoms with Crippen LogP contribution in [0.5, 0.6) is 0 Å². The second-order valence-corrected chi connectivity index (χ2v) is 7.75. The molecule has 0 aromatic carbocycles. The number of aliphatic hydroxyl groups is 1. The van der Waals surface area contributed by atoms with Gasteiger partial charge >= 0.3 is 0 Å². The number of nitrogens with one attached hydrogen (secondary N) is 1. The Hall–Kier alpha value is -0.430. The highest BCUT2D eigenvalue weighted by atomic mass is 32.2. The standard InChI is InChI=1S/C12H21NO3S2/c1-3-10(2)7-13-8-11(14)9-18(15,16)12-5-4-6-17-12/h4-6,10-11,13-14H,3,7-9H2,1-2H3. The third-order valence-corrected chi connectivity index (χ3v) is 6.07. The Morgan fingerprint density at radius 1 is 1.44 bits per heavy atom. The van der Waals surface area contributed by atoms with E-state index in [-0.39, 0.29) is 5.75 Å². The summed E-state index contributed by atoms with van der Waals surface area (Å²) >= 11 is 1.18. The first-order valence-corrected chi connectivity index (χ1v) is 8.64. The van der Waals surface area contributed by atoms with Gasteiger partial charge in [0.1, 0.15) is 4.21 Å². The van der Waals surface area contributed by atoms with Crippen LogP contribution in [-0.2, 0) is 9.84 Å². The zero-order chi connectivity index (χ0) is 13.6. The van der Waals surface area contributed by atoms with E-state index in [2.05, 4.69) is 19.2 Å². The maximum atomic E-state index is 11.9. The number of rotatable bonds is 8. The van der Waals surface area contributed by atoms with Crippen molar-refractivity contribution in [2.24, 2.45) is 5.92 Å². The largest absolute Gasteiger partial charge is 0.391 e. The van der Waals surface area contributed by atoms with Gasteiger partial charge in [0.25, 0.3) is 0 Å². The van der Waals surface area contributed by atoms with E-state index in [1.165, 1.54) is 11.3 Å². The van der Waals surface area contributed by atoms with E-state index in [0.717, 1.165) is 13.0 Å². The molecule has 0 saturated carbocycles. The van der Waals surface area contributed by atoms with Crippen molar-refractivity contribution in [2.45, 2.75) is 30.6 Å². The van der Waals surface area contributed by atoms with Gasteiger partial charge in [0.15, 0.2) is 9.84 Å². The quantitative estimate of drug-likeness (QED) is 0.762. The highest BCUT2D eigenvalue weighted by Gasteiger charge is 2.20. The number of sulfone groups is 1. The molecular formula is C12H21NO3S2. The topological polar surface area (TPSA) is 66.4 Å². The molecule has 18 heavy (non-hydrogen) atoms. The number of hydrogen-bond acceptors (Lipinski definition) is 5. The summed E-state index contributed by atoms with van der Waals surface area (Å²) in [7, 11) is -3.34. The molecule has 104 valence electrons. The van der Waals surface area contributed by atoms with Crippen LogP contribution >= 0.6 is 11.3 Å². The van der Waals surface area contributed by atoms with E-state index < -0.39 is 15.9 Å². The molecule has 0 aliphatic heterocycles. The first-order chi connectivity index (χ1) is 8.45. The fourth-order valence-electron chi connectivity index (χ4n) is 1.48. The predicted molar refractivity (Wildman–Crippen MR) is 74.7 cm³/mol.